The third-order valence-corrected chi connectivity index (χ3v) is 3.52. The minimum atomic E-state index is -0.553. The molecule has 126 valence electrons. The zero-order valence-corrected chi connectivity index (χ0v) is 13.2. The van der Waals surface area contributed by atoms with Gasteiger partial charge < -0.3 is 0 Å². The van der Waals surface area contributed by atoms with Crippen LogP contribution in [0.25, 0.3) is 5.82 Å². The molecule has 0 saturated carbocycles. The van der Waals surface area contributed by atoms with Crippen LogP contribution in [0.3, 0.4) is 0 Å². The Labute approximate surface area is 142 Å². The van der Waals surface area contributed by atoms with Gasteiger partial charge in [-0.25, -0.2) is 14.1 Å². The number of hydrogen-bond acceptors (Lipinski definition) is 4. The van der Waals surface area contributed by atoms with Gasteiger partial charge in [-0.15, -0.1) is 0 Å². The number of hydrazine groups is 1. The lowest BCUT2D eigenvalue weighted by molar-refractivity contribution is 0.0846. The number of hydrogen-bond donors (Lipinski definition) is 2. The van der Waals surface area contributed by atoms with Crippen LogP contribution in [0.4, 0.5) is 4.39 Å². The van der Waals surface area contributed by atoms with E-state index in [1.807, 2.05) is 6.07 Å². The van der Waals surface area contributed by atoms with Crippen molar-refractivity contribution in [3.8, 4) is 5.82 Å². The van der Waals surface area contributed by atoms with Crippen molar-refractivity contribution in [1.29, 1.82) is 0 Å². The molecule has 2 aromatic heterocycles. The van der Waals surface area contributed by atoms with Gasteiger partial charge in [0.15, 0.2) is 5.82 Å². The number of halogens is 1. The number of nitrogens with zero attached hydrogens (tertiary/aromatic N) is 3. The van der Waals surface area contributed by atoms with Crippen molar-refractivity contribution in [2.75, 3.05) is 0 Å². The van der Waals surface area contributed by atoms with Crippen LogP contribution >= 0.6 is 0 Å². The van der Waals surface area contributed by atoms with Crippen LogP contribution in [-0.4, -0.2) is 26.6 Å². The first-order valence-electron chi connectivity index (χ1n) is 7.38. The van der Waals surface area contributed by atoms with E-state index < -0.39 is 17.6 Å². The number of nitrogens with one attached hydrogen (secondary N) is 2. The highest BCUT2D eigenvalue weighted by Crippen LogP contribution is 2.11. The van der Waals surface area contributed by atoms with Crippen molar-refractivity contribution in [2.45, 2.75) is 6.92 Å². The number of rotatable bonds is 3. The third kappa shape index (κ3) is 3.52. The normalized spacial score (nSPS) is 10.3. The van der Waals surface area contributed by atoms with E-state index in [1.165, 1.54) is 23.0 Å². The minimum Gasteiger partial charge on any atom is -0.267 e. The lowest BCUT2D eigenvalue weighted by Crippen LogP contribution is -2.41. The fourth-order valence-corrected chi connectivity index (χ4v) is 2.20. The number of carbonyl (C=O) groups is 2. The second-order valence-corrected chi connectivity index (χ2v) is 5.16. The van der Waals surface area contributed by atoms with Crippen LogP contribution < -0.4 is 10.9 Å². The first kappa shape index (κ1) is 16.3. The summed E-state index contributed by atoms with van der Waals surface area (Å²) >= 11 is 0. The Morgan fingerprint density at radius 3 is 2.44 bits per heavy atom. The molecule has 7 nitrogen and oxygen atoms in total. The lowest BCUT2D eigenvalue weighted by atomic mass is 10.2. The molecule has 0 unspecified atom stereocenters. The Balaban J connectivity index is 1.69. The quantitative estimate of drug-likeness (QED) is 0.712. The van der Waals surface area contributed by atoms with E-state index in [-0.39, 0.29) is 5.56 Å². The fraction of sp³-hybridized carbons (Fsp3) is 0.0588. The van der Waals surface area contributed by atoms with Crippen LogP contribution in [0, 0.1) is 12.7 Å². The molecule has 2 heterocycles. The van der Waals surface area contributed by atoms with Crippen molar-refractivity contribution >= 4 is 11.8 Å². The van der Waals surface area contributed by atoms with Crippen molar-refractivity contribution in [3.63, 3.8) is 0 Å². The molecule has 0 aliphatic heterocycles. The fourth-order valence-electron chi connectivity index (χ4n) is 2.20. The molecule has 0 radical (unpaired) electrons. The molecule has 0 aliphatic carbocycles. The van der Waals surface area contributed by atoms with Crippen LogP contribution in [0.1, 0.15) is 26.4 Å². The Morgan fingerprint density at radius 1 is 1.04 bits per heavy atom. The van der Waals surface area contributed by atoms with E-state index in [0.717, 1.165) is 12.1 Å². The molecule has 25 heavy (non-hydrogen) atoms. The van der Waals surface area contributed by atoms with E-state index in [4.69, 9.17) is 0 Å². The molecule has 8 heteroatoms. The first-order chi connectivity index (χ1) is 12.1. The van der Waals surface area contributed by atoms with Crippen LogP contribution in [0.2, 0.25) is 0 Å². The highest BCUT2D eigenvalue weighted by atomic mass is 19.1. The number of pyridine rings is 1. The highest BCUT2D eigenvalue weighted by molar-refractivity contribution is 5.99. The summed E-state index contributed by atoms with van der Waals surface area (Å²) in [5, 5.41) is 4.14. The summed E-state index contributed by atoms with van der Waals surface area (Å²) in [7, 11) is 0. The Morgan fingerprint density at radius 2 is 1.76 bits per heavy atom. The van der Waals surface area contributed by atoms with Gasteiger partial charge in [-0.2, -0.15) is 5.10 Å². The van der Waals surface area contributed by atoms with Gasteiger partial charge in [-0.1, -0.05) is 6.07 Å². The minimum absolute atomic E-state index is 0.225. The molecule has 0 fully saturated rings. The molecule has 3 aromatic rings. The van der Waals surface area contributed by atoms with E-state index >= 15 is 0 Å². The molecule has 0 bridgehead atoms. The average Bonchev–Trinajstić information content (AvgIpc) is 3.02. The molecule has 0 atom stereocenters. The van der Waals surface area contributed by atoms with Gasteiger partial charge in [0.25, 0.3) is 11.8 Å². The third-order valence-electron chi connectivity index (χ3n) is 3.52. The SMILES string of the molecule is Cc1c(C(=O)NNC(=O)c2ccc(F)cc2)cnn1-c1ccccn1. The summed E-state index contributed by atoms with van der Waals surface area (Å²) in [5.74, 6) is -0.939. The van der Waals surface area contributed by atoms with Crippen molar-refractivity contribution in [3.05, 3.63) is 77.5 Å². The maximum Gasteiger partial charge on any atom is 0.273 e. The molecule has 3 rings (SSSR count). The van der Waals surface area contributed by atoms with Crippen molar-refractivity contribution in [1.82, 2.24) is 25.6 Å². The molecule has 0 spiro atoms. The largest absolute Gasteiger partial charge is 0.273 e. The van der Waals surface area contributed by atoms with Gasteiger partial charge in [0, 0.05) is 11.8 Å². The van der Waals surface area contributed by atoms with Gasteiger partial charge in [0.05, 0.1) is 17.5 Å². The van der Waals surface area contributed by atoms with Crippen molar-refractivity contribution < 1.29 is 14.0 Å². The number of amides is 2. The second-order valence-electron chi connectivity index (χ2n) is 5.16. The van der Waals surface area contributed by atoms with Crippen LogP contribution in [-0.2, 0) is 0 Å². The summed E-state index contributed by atoms with van der Waals surface area (Å²) in [6, 6.07) is 10.3. The molecule has 2 N–H and O–H groups in total. The van der Waals surface area contributed by atoms with Gasteiger partial charge >= 0.3 is 0 Å². The topological polar surface area (TPSA) is 88.9 Å². The lowest BCUT2D eigenvalue weighted by Gasteiger charge is -2.07. The van der Waals surface area contributed by atoms with Gasteiger partial charge in [-0.3, -0.25) is 20.4 Å². The molecular formula is C17H14FN5O2. The van der Waals surface area contributed by atoms with E-state index in [2.05, 4.69) is 20.9 Å². The Hall–Kier alpha value is -3.55. The summed E-state index contributed by atoms with van der Waals surface area (Å²) in [6.45, 7) is 1.72. The van der Waals surface area contributed by atoms with E-state index in [0.29, 0.717) is 17.1 Å². The van der Waals surface area contributed by atoms with Gasteiger partial charge in [0.1, 0.15) is 5.82 Å². The monoisotopic (exact) mass is 339 g/mol. The second kappa shape index (κ2) is 6.91. The smallest absolute Gasteiger partial charge is 0.267 e. The van der Waals surface area contributed by atoms with E-state index in [1.54, 1.807) is 25.3 Å². The Kier molecular flexibility index (Phi) is 4.51. The molecule has 2 amide bonds. The first-order valence-corrected chi connectivity index (χ1v) is 7.38. The average molecular weight is 339 g/mol. The number of benzene rings is 1. The van der Waals surface area contributed by atoms with Gasteiger partial charge in [0.2, 0.25) is 0 Å². The predicted molar refractivity (Wildman–Crippen MR) is 87.4 cm³/mol. The summed E-state index contributed by atoms with van der Waals surface area (Å²) in [6.07, 6.45) is 3.02. The van der Waals surface area contributed by atoms with Crippen LogP contribution in [0.15, 0.2) is 54.9 Å². The molecule has 0 aliphatic rings. The number of aromatic nitrogens is 3. The summed E-state index contributed by atoms with van der Waals surface area (Å²) in [4.78, 5) is 28.3. The summed E-state index contributed by atoms with van der Waals surface area (Å²) < 4.78 is 14.4. The molecule has 0 saturated heterocycles. The van der Waals surface area contributed by atoms with Crippen LogP contribution in [0.5, 0.6) is 0 Å². The zero-order chi connectivity index (χ0) is 17.8. The predicted octanol–water partition coefficient (Wildman–Crippen LogP) is 1.79. The standard InChI is InChI=1S/C17H14FN5O2/c1-11-14(10-20-23(11)15-4-2-3-9-19-15)17(25)22-21-16(24)12-5-7-13(18)8-6-12/h2-10H,1H3,(H,21,24)(H,22,25). The molecular weight excluding hydrogens is 325 g/mol. The maximum atomic E-state index is 12.9. The maximum absolute atomic E-state index is 12.9. The van der Waals surface area contributed by atoms with E-state index in [9.17, 15) is 14.0 Å². The zero-order valence-electron chi connectivity index (χ0n) is 13.2. The molecule has 1 aromatic carbocycles. The number of carbonyl (C=O) groups excluding carboxylic acids is 2. The summed E-state index contributed by atoms with van der Waals surface area (Å²) in [5.41, 5.74) is 5.69. The van der Waals surface area contributed by atoms with Gasteiger partial charge in [-0.05, 0) is 43.3 Å². The highest BCUT2D eigenvalue weighted by Gasteiger charge is 2.16. The van der Waals surface area contributed by atoms with Crippen molar-refractivity contribution in [2.24, 2.45) is 0 Å². The Bertz CT molecular complexity index is 907.